The maximum atomic E-state index is 12.5. The summed E-state index contributed by atoms with van der Waals surface area (Å²) in [5.41, 5.74) is 1.91. The molecule has 1 saturated carbocycles. The van der Waals surface area contributed by atoms with Gasteiger partial charge in [0.1, 0.15) is 0 Å². The Hall–Kier alpha value is -4.00. The van der Waals surface area contributed by atoms with Gasteiger partial charge in [0.2, 0.25) is 0 Å². The Labute approximate surface area is 197 Å². The molecule has 3 atom stereocenters. The molecule has 174 valence electrons. The largest absolute Gasteiger partial charge is 0.465 e. The molecule has 7 nitrogen and oxygen atoms in total. The van der Waals surface area contributed by atoms with Gasteiger partial charge in [0.25, 0.3) is 0 Å². The summed E-state index contributed by atoms with van der Waals surface area (Å²) < 4.78 is 16.1. The van der Waals surface area contributed by atoms with Crippen LogP contribution >= 0.6 is 0 Å². The SMILES string of the molecule is COC(=O)c1cccnc1C1CC(COC(=O)c2ccccc2)C1COC(=O)c1ccccc1. The van der Waals surface area contributed by atoms with Crippen LogP contribution in [0.1, 0.15) is 49.1 Å². The van der Waals surface area contributed by atoms with Gasteiger partial charge in [0, 0.05) is 24.0 Å². The lowest BCUT2D eigenvalue weighted by Crippen LogP contribution is -2.42. The Morgan fingerprint density at radius 1 is 0.794 bits per heavy atom. The van der Waals surface area contributed by atoms with E-state index in [-0.39, 0.29) is 31.0 Å². The minimum Gasteiger partial charge on any atom is -0.465 e. The van der Waals surface area contributed by atoms with E-state index in [1.165, 1.54) is 7.11 Å². The maximum absolute atomic E-state index is 12.5. The number of carbonyl (C=O) groups is 3. The van der Waals surface area contributed by atoms with Crippen molar-refractivity contribution in [3.63, 3.8) is 0 Å². The van der Waals surface area contributed by atoms with Crippen molar-refractivity contribution in [2.75, 3.05) is 20.3 Å². The van der Waals surface area contributed by atoms with E-state index in [9.17, 15) is 14.4 Å². The van der Waals surface area contributed by atoms with Crippen LogP contribution in [0.3, 0.4) is 0 Å². The van der Waals surface area contributed by atoms with Crippen LogP contribution < -0.4 is 0 Å². The summed E-state index contributed by atoms with van der Waals surface area (Å²) in [6, 6.07) is 20.9. The second-order valence-electron chi connectivity index (χ2n) is 8.12. The van der Waals surface area contributed by atoms with Crippen LogP contribution in [-0.4, -0.2) is 43.2 Å². The molecule has 1 heterocycles. The van der Waals surface area contributed by atoms with Gasteiger partial charge in [-0.3, -0.25) is 4.98 Å². The molecule has 0 radical (unpaired) electrons. The molecule has 0 amide bonds. The van der Waals surface area contributed by atoms with Crippen LogP contribution in [0, 0.1) is 11.8 Å². The summed E-state index contributed by atoms with van der Waals surface area (Å²) in [7, 11) is 1.32. The molecule has 4 rings (SSSR count). The topological polar surface area (TPSA) is 91.8 Å². The van der Waals surface area contributed by atoms with Gasteiger partial charge < -0.3 is 14.2 Å². The summed E-state index contributed by atoms with van der Waals surface area (Å²) in [6.07, 6.45) is 2.26. The molecule has 1 fully saturated rings. The summed E-state index contributed by atoms with van der Waals surface area (Å²) in [5, 5.41) is 0. The van der Waals surface area contributed by atoms with E-state index in [0.29, 0.717) is 28.8 Å². The third-order valence-electron chi connectivity index (χ3n) is 6.13. The minimum absolute atomic E-state index is 0.0475. The zero-order valence-corrected chi connectivity index (χ0v) is 18.8. The van der Waals surface area contributed by atoms with Gasteiger partial charge in [0.15, 0.2) is 0 Å². The number of benzene rings is 2. The average molecular weight is 459 g/mol. The van der Waals surface area contributed by atoms with Gasteiger partial charge in [-0.1, -0.05) is 36.4 Å². The molecule has 0 aliphatic heterocycles. The molecule has 1 aliphatic rings. The number of ether oxygens (including phenoxy) is 3. The average Bonchev–Trinajstić information content (AvgIpc) is 2.88. The molecule has 0 N–H and O–H groups in total. The first-order valence-corrected chi connectivity index (χ1v) is 11.1. The standard InChI is InChI=1S/C27H25NO6/c1-32-27(31)21-13-8-14-28-24(21)22-15-20(16-33-25(29)18-9-4-2-5-10-18)23(22)17-34-26(30)19-11-6-3-7-12-19/h2-14,20,22-23H,15-17H2,1H3. The summed E-state index contributed by atoms with van der Waals surface area (Å²) >= 11 is 0. The van der Waals surface area contributed by atoms with Gasteiger partial charge in [-0.15, -0.1) is 0 Å². The molecule has 0 saturated heterocycles. The van der Waals surface area contributed by atoms with Gasteiger partial charge in [-0.25, -0.2) is 14.4 Å². The second-order valence-corrected chi connectivity index (χ2v) is 8.12. The third-order valence-corrected chi connectivity index (χ3v) is 6.13. The van der Waals surface area contributed by atoms with Crippen molar-refractivity contribution >= 4 is 17.9 Å². The number of aromatic nitrogens is 1. The molecular formula is C27H25NO6. The highest BCUT2D eigenvalue weighted by atomic mass is 16.5. The number of nitrogens with zero attached hydrogens (tertiary/aromatic N) is 1. The number of pyridine rings is 1. The van der Waals surface area contributed by atoms with E-state index in [0.717, 1.165) is 0 Å². The predicted octanol–water partition coefficient (Wildman–Crippen LogP) is 4.30. The third kappa shape index (κ3) is 5.14. The molecule has 3 aromatic rings. The Kier molecular flexibility index (Phi) is 7.32. The molecule has 7 heteroatoms. The van der Waals surface area contributed by atoms with Gasteiger partial charge in [-0.2, -0.15) is 0 Å². The maximum Gasteiger partial charge on any atom is 0.339 e. The van der Waals surface area contributed by atoms with E-state index in [1.807, 2.05) is 12.1 Å². The fourth-order valence-electron chi connectivity index (χ4n) is 4.23. The molecule has 2 aromatic carbocycles. The monoisotopic (exact) mass is 459 g/mol. The van der Waals surface area contributed by atoms with Crippen LogP contribution in [0.15, 0.2) is 79.0 Å². The zero-order valence-electron chi connectivity index (χ0n) is 18.8. The minimum atomic E-state index is -0.470. The highest BCUT2D eigenvalue weighted by Crippen LogP contribution is 2.48. The van der Waals surface area contributed by atoms with E-state index < -0.39 is 17.9 Å². The lowest BCUT2D eigenvalue weighted by Gasteiger charge is -2.44. The van der Waals surface area contributed by atoms with E-state index in [1.54, 1.807) is 66.9 Å². The van der Waals surface area contributed by atoms with Crippen LogP contribution in [0.4, 0.5) is 0 Å². The number of rotatable bonds is 8. The van der Waals surface area contributed by atoms with Crippen LogP contribution in [-0.2, 0) is 14.2 Å². The molecule has 0 spiro atoms. The zero-order chi connectivity index (χ0) is 23.9. The Balaban J connectivity index is 1.48. The quantitative estimate of drug-likeness (QED) is 0.366. The molecular weight excluding hydrogens is 434 g/mol. The van der Waals surface area contributed by atoms with Crippen molar-refractivity contribution in [2.45, 2.75) is 12.3 Å². The van der Waals surface area contributed by atoms with Crippen molar-refractivity contribution in [3.8, 4) is 0 Å². The van der Waals surface area contributed by atoms with Gasteiger partial charge in [0.05, 0.1) is 42.7 Å². The van der Waals surface area contributed by atoms with Crippen LogP contribution in [0.2, 0.25) is 0 Å². The first kappa shape index (κ1) is 23.2. The Bertz CT molecular complexity index is 1150. The van der Waals surface area contributed by atoms with E-state index in [2.05, 4.69) is 4.98 Å². The lowest BCUT2D eigenvalue weighted by molar-refractivity contribution is -0.0160. The van der Waals surface area contributed by atoms with Gasteiger partial charge in [-0.05, 0) is 42.8 Å². The van der Waals surface area contributed by atoms with Crippen LogP contribution in [0.5, 0.6) is 0 Å². The number of esters is 3. The first-order valence-electron chi connectivity index (χ1n) is 11.1. The summed E-state index contributed by atoms with van der Waals surface area (Å²) in [5.74, 6) is -1.66. The predicted molar refractivity (Wildman–Crippen MR) is 123 cm³/mol. The summed E-state index contributed by atoms with van der Waals surface area (Å²) in [6.45, 7) is 0.293. The van der Waals surface area contributed by atoms with Gasteiger partial charge >= 0.3 is 17.9 Å². The molecule has 3 unspecified atom stereocenters. The number of hydrogen-bond acceptors (Lipinski definition) is 7. The highest BCUT2D eigenvalue weighted by molar-refractivity contribution is 5.91. The van der Waals surface area contributed by atoms with E-state index in [4.69, 9.17) is 14.2 Å². The fourth-order valence-corrected chi connectivity index (χ4v) is 4.23. The van der Waals surface area contributed by atoms with Crippen LogP contribution in [0.25, 0.3) is 0 Å². The molecule has 34 heavy (non-hydrogen) atoms. The molecule has 1 aromatic heterocycles. The smallest absolute Gasteiger partial charge is 0.339 e. The number of methoxy groups -OCH3 is 1. The van der Waals surface area contributed by atoms with Crippen molar-refractivity contribution in [1.82, 2.24) is 4.98 Å². The highest BCUT2D eigenvalue weighted by Gasteiger charge is 2.45. The Morgan fingerprint density at radius 2 is 1.38 bits per heavy atom. The lowest BCUT2D eigenvalue weighted by atomic mass is 9.63. The second kappa shape index (κ2) is 10.7. The first-order chi connectivity index (χ1) is 16.6. The molecule has 0 bridgehead atoms. The van der Waals surface area contributed by atoms with Crippen molar-refractivity contribution in [1.29, 1.82) is 0 Å². The fraction of sp³-hybridized carbons (Fsp3) is 0.259. The van der Waals surface area contributed by atoms with Crippen molar-refractivity contribution in [3.05, 3.63) is 101 Å². The molecule has 1 aliphatic carbocycles. The number of carbonyl (C=O) groups excluding carboxylic acids is 3. The van der Waals surface area contributed by atoms with E-state index >= 15 is 0 Å². The van der Waals surface area contributed by atoms with Crippen molar-refractivity contribution < 1.29 is 28.6 Å². The Morgan fingerprint density at radius 3 is 1.97 bits per heavy atom. The number of hydrogen-bond donors (Lipinski definition) is 0. The summed E-state index contributed by atoms with van der Waals surface area (Å²) in [4.78, 5) is 41.6. The normalized spacial score (nSPS) is 18.9. The van der Waals surface area contributed by atoms with Crippen molar-refractivity contribution in [2.24, 2.45) is 11.8 Å².